The highest BCUT2D eigenvalue weighted by atomic mass is 19.1. The van der Waals surface area contributed by atoms with Crippen molar-refractivity contribution in [3.05, 3.63) is 34.1 Å². The van der Waals surface area contributed by atoms with Crippen LogP contribution >= 0.6 is 0 Å². The van der Waals surface area contributed by atoms with Crippen LogP contribution in [0.25, 0.3) is 0 Å². The molecular formula is C10H13FN2O5. The largest absolute Gasteiger partial charge is 0.394 e. The summed E-state index contributed by atoms with van der Waals surface area (Å²) in [5, 5.41) is 40.3. The lowest BCUT2D eigenvalue weighted by Crippen LogP contribution is -2.49. The van der Waals surface area contributed by atoms with Gasteiger partial charge in [0.15, 0.2) is 0 Å². The Labute approximate surface area is 102 Å². The topological polar surface area (TPSA) is 116 Å². The summed E-state index contributed by atoms with van der Waals surface area (Å²) in [6, 6.07) is 2.74. The van der Waals surface area contributed by atoms with Crippen molar-refractivity contribution in [2.75, 3.05) is 25.1 Å². The third-order valence-electron chi connectivity index (χ3n) is 2.41. The molecule has 0 radical (unpaired) electrons. The van der Waals surface area contributed by atoms with Crippen LogP contribution in [0.5, 0.6) is 0 Å². The molecule has 100 valence electrons. The number of non-ortho nitro benzene ring substituents is 1. The number of halogens is 1. The number of hydrogen-bond acceptors (Lipinski definition) is 6. The van der Waals surface area contributed by atoms with Crippen LogP contribution in [-0.2, 0) is 0 Å². The van der Waals surface area contributed by atoms with Gasteiger partial charge in [0.25, 0.3) is 5.69 Å². The number of aliphatic hydroxyl groups excluding tert-OH is 3. The zero-order valence-corrected chi connectivity index (χ0v) is 9.34. The molecule has 1 aromatic rings. The van der Waals surface area contributed by atoms with Gasteiger partial charge in [0.05, 0.1) is 30.8 Å². The van der Waals surface area contributed by atoms with Crippen LogP contribution in [0.1, 0.15) is 0 Å². The number of nitro benzene ring substituents is 1. The highest BCUT2D eigenvalue weighted by Gasteiger charge is 2.28. The van der Waals surface area contributed by atoms with E-state index in [1.165, 1.54) is 0 Å². The first-order chi connectivity index (χ1) is 8.46. The van der Waals surface area contributed by atoms with Crippen molar-refractivity contribution in [3.8, 4) is 0 Å². The minimum Gasteiger partial charge on any atom is -0.394 e. The number of rotatable bonds is 6. The first-order valence-corrected chi connectivity index (χ1v) is 5.02. The highest BCUT2D eigenvalue weighted by Crippen LogP contribution is 2.22. The number of hydrogen-bond donors (Lipinski definition) is 4. The fraction of sp³-hybridized carbons (Fsp3) is 0.400. The van der Waals surface area contributed by atoms with Crippen LogP contribution < -0.4 is 5.32 Å². The molecule has 18 heavy (non-hydrogen) atoms. The lowest BCUT2D eigenvalue weighted by atomic mass is 10.0. The molecule has 0 saturated carbocycles. The van der Waals surface area contributed by atoms with Gasteiger partial charge in [0, 0.05) is 11.8 Å². The zero-order valence-electron chi connectivity index (χ0n) is 9.34. The Morgan fingerprint density at radius 1 is 1.22 bits per heavy atom. The van der Waals surface area contributed by atoms with E-state index in [4.69, 9.17) is 15.3 Å². The quantitative estimate of drug-likeness (QED) is 0.418. The zero-order chi connectivity index (χ0) is 13.8. The van der Waals surface area contributed by atoms with Crippen LogP contribution in [0.15, 0.2) is 18.2 Å². The van der Waals surface area contributed by atoms with Crippen LogP contribution in [0.4, 0.5) is 15.8 Å². The molecule has 0 aliphatic heterocycles. The molecule has 0 bridgehead atoms. The van der Waals surface area contributed by atoms with Crippen molar-refractivity contribution in [1.82, 2.24) is 0 Å². The predicted octanol–water partition coefficient (Wildman–Crippen LogP) is -0.139. The summed E-state index contributed by atoms with van der Waals surface area (Å²) < 4.78 is 13.1. The van der Waals surface area contributed by atoms with E-state index in [-0.39, 0.29) is 5.69 Å². The van der Waals surface area contributed by atoms with E-state index >= 15 is 0 Å². The Morgan fingerprint density at radius 3 is 2.22 bits per heavy atom. The molecule has 0 heterocycles. The number of anilines is 1. The number of aliphatic hydroxyl groups is 3. The van der Waals surface area contributed by atoms with Crippen molar-refractivity contribution >= 4 is 11.4 Å². The minimum absolute atomic E-state index is 0.0150. The lowest BCUT2D eigenvalue weighted by Gasteiger charge is -2.29. The SMILES string of the molecule is O=[N+]([O-])c1cc(F)cc(NC(CO)(CO)CO)c1. The van der Waals surface area contributed by atoms with Crippen LogP contribution in [-0.4, -0.2) is 45.6 Å². The van der Waals surface area contributed by atoms with Gasteiger partial charge >= 0.3 is 0 Å². The second kappa shape index (κ2) is 5.71. The van der Waals surface area contributed by atoms with E-state index in [0.29, 0.717) is 0 Å². The van der Waals surface area contributed by atoms with E-state index in [0.717, 1.165) is 18.2 Å². The van der Waals surface area contributed by atoms with Crippen molar-refractivity contribution < 1.29 is 24.6 Å². The molecule has 4 N–H and O–H groups in total. The molecule has 0 amide bonds. The number of nitro groups is 1. The third kappa shape index (κ3) is 3.13. The molecule has 0 aliphatic carbocycles. The summed E-state index contributed by atoms with van der Waals surface area (Å²) in [5.41, 5.74) is -1.96. The molecule has 0 fully saturated rings. The van der Waals surface area contributed by atoms with E-state index in [2.05, 4.69) is 5.32 Å². The van der Waals surface area contributed by atoms with E-state index < -0.39 is 41.8 Å². The molecule has 1 rings (SSSR count). The maximum Gasteiger partial charge on any atom is 0.274 e. The molecule has 0 atom stereocenters. The molecule has 0 aliphatic rings. The second-order valence-corrected chi connectivity index (χ2v) is 3.83. The first-order valence-electron chi connectivity index (χ1n) is 5.02. The van der Waals surface area contributed by atoms with Gasteiger partial charge in [0.1, 0.15) is 11.4 Å². The Hall–Kier alpha value is -1.77. The van der Waals surface area contributed by atoms with Gasteiger partial charge in [-0.15, -0.1) is 0 Å². The van der Waals surface area contributed by atoms with Crippen molar-refractivity contribution in [2.45, 2.75) is 5.54 Å². The maximum atomic E-state index is 13.1. The Kier molecular flexibility index (Phi) is 4.54. The van der Waals surface area contributed by atoms with Crippen LogP contribution in [0.2, 0.25) is 0 Å². The Morgan fingerprint density at radius 2 is 1.78 bits per heavy atom. The molecule has 0 saturated heterocycles. The average Bonchev–Trinajstić information content (AvgIpc) is 2.35. The monoisotopic (exact) mass is 260 g/mol. The second-order valence-electron chi connectivity index (χ2n) is 3.83. The van der Waals surface area contributed by atoms with Crippen LogP contribution in [0, 0.1) is 15.9 Å². The molecule has 0 unspecified atom stereocenters. The minimum atomic E-state index is -1.47. The fourth-order valence-corrected chi connectivity index (χ4v) is 1.33. The Balaban J connectivity index is 3.06. The Bertz CT molecular complexity index is 428. The van der Waals surface area contributed by atoms with Gasteiger partial charge < -0.3 is 20.6 Å². The smallest absolute Gasteiger partial charge is 0.274 e. The molecule has 8 heteroatoms. The molecule has 7 nitrogen and oxygen atoms in total. The predicted molar refractivity (Wildman–Crippen MR) is 60.7 cm³/mol. The van der Waals surface area contributed by atoms with Gasteiger partial charge in [-0.25, -0.2) is 4.39 Å². The summed E-state index contributed by atoms with van der Waals surface area (Å²) in [7, 11) is 0. The average molecular weight is 260 g/mol. The van der Waals surface area contributed by atoms with Crippen molar-refractivity contribution in [3.63, 3.8) is 0 Å². The summed E-state index contributed by atoms with van der Waals surface area (Å²) in [6.45, 7) is -1.86. The fourth-order valence-electron chi connectivity index (χ4n) is 1.33. The van der Waals surface area contributed by atoms with Gasteiger partial charge in [-0.2, -0.15) is 0 Å². The van der Waals surface area contributed by atoms with E-state index in [1.807, 2.05) is 0 Å². The number of benzene rings is 1. The van der Waals surface area contributed by atoms with Gasteiger partial charge in [-0.3, -0.25) is 10.1 Å². The summed E-state index contributed by atoms with van der Waals surface area (Å²) >= 11 is 0. The highest BCUT2D eigenvalue weighted by molar-refractivity contribution is 5.53. The summed E-state index contributed by atoms with van der Waals surface area (Å²) in [6.07, 6.45) is 0. The normalized spacial score (nSPS) is 11.3. The van der Waals surface area contributed by atoms with E-state index in [9.17, 15) is 14.5 Å². The molecule has 1 aromatic carbocycles. The summed E-state index contributed by atoms with van der Waals surface area (Å²) in [4.78, 5) is 9.77. The summed E-state index contributed by atoms with van der Waals surface area (Å²) in [5.74, 6) is -0.839. The number of nitrogens with zero attached hydrogens (tertiary/aromatic N) is 1. The van der Waals surface area contributed by atoms with E-state index in [1.54, 1.807) is 0 Å². The lowest BCUT2D eigenvalue weighted by molar-refractivity contribution is -0.385. The third-order valence-corrected chi connectivity index (χ3v) is 2.41. The first kappa shape index (κ1) is 14.3. The molecular weight excluding hydrogens is 247 g/mol. The van der Waals surface area contributed by atoms with Gasteiger partial charge in [-0.05, 0) is 6.07 Å². The van der Waals surface area contributed by atoms with Gasteiger partial charge in [0.2, 0.25) is 0 Å². The maximum absolute atomic E-state index is 13.1. The molecule has 0 spiro atoms. The van der Waals surface area contributed by atoms with Crippen molar-refractivity contribution in [1.29, 1.82) is 0 Å². The van der Waals surface area contributed by atoms with Crippen LogP contribution in [0.3, 0.4) is 0 Å². The standard InChI is InChI=1S/C10H13FN2O5/c11-7-1-8(3-9(2-7)13(17)18)12-10(4-14,5-15)6-16/h1-3,12,14-16H,4-6H2. The van der Waals surface area contributed by atoms with Crippen molar-refractivity contribution in [2.24, 2.45) is 0 Å². The van der Waals surface area contributed by atoms with Gasteiger partial charge in [-0.1, -0.05) is 0 Å². The number of nitrogens with one attached hydrogen (secondary N) is 1. The molecule has 0 aromatic heterocycles.